The van der Waals surface area contributed by atoms with E-state index < -0.39 is 4.92 Å². The van der Waals surface area contributed by atoms with Crippen molar-refractivity contribution in [3.05, 3.63) is 74.3 Å². The molecule has 0 amide bonds. The summed E-state index contributed by atoms with van der Waals surface area (Å²) < 4.78 is 0. The molecule has 5 heteroatoms. The lowest BCUT2D eigenvalue weighted by molar-refractivity contribution is -0.384. The molecule has 0 aliphatic rings. The minimum absolute atomic E-state index is 0.00957. The van der Waals surface area contributed by atoms with Crippen LogP contribution in [-0.2, 0) is 6.54 Å². The molecule has 2 aromatic rings. The van der Waals surface area contributed by atoms with Crippen LogP contribution in [0, 0.1) is 17.0 Å². The van der Waals surface area contributed by atoms with Crippen LogP contribution in [0.3, 0.4) is 0 Å². The molecule has 21 heavy (non-hydrogen) atoms. The molecule has 0 fully saturated rings. The van der Waals surface area contributed by atoms with Gasteiger partial charge in [0.15, 0.2) is 0 Å². The first kappa shape index (κ1) is 15.5. The lowest BCUT2D eigenvalue weighted by Gasteiger charge is -2.15. The first-order chi connectivity index (χ1) is 9.97. The topological polar surface area (TPSA) is 55.2 Å². The molecule has 0 unspecified atom stereocenters. The second kappa shape index (κ2) is 6.70. The molecule has 0 aliphatic heterocycles. The molecule has 0 aromatic heterocycles. The Morgan fingerprint density at radius 3 is 2.48 bits per heavy atom. The smallest absolute Gasteiger partial charge is 0.270 e. The first-order valence-corrected chi connectivity index (χ1v) is 7.08. The quantitative estimate of drug-likeness (QED) is 0.657. The second-order valence-electron chi connectivity index (χ2n) is 5.05. The van der Waals surface area contributed by atoms with Crippen LogP contribution in [0.25, 0.3) is 0 Å². The van der Waals surface area contributed by atoms with Crippen LogP contribution in [0.5, 0.6) is 0 Å². The monoisotopic (exact) mass is 304 g/mol. The number of rotatable bonds is 5. The van der Waals surface area contributed by atoms with Gasteiger partial charge in [0.25, 0.3) is 5.69 Å². The Labute approximate surface area is 128 Å². The number of hydrogen-bond acceptors (Lipinski definition) is 3. The number of aryl methyl sites for hydroxylation is 1. The third-order valence-corrected chi connectivity index (χ3v) is 3.78. The number of non-ortho nitro benzene ring substituents is 1. The van der Waals surface area contributed by atoms with Gasteiger partial charge in [-0.15, -0.1) is 0 Å². The van der Waals surface area contributed by atoms with Crippen LogP contribution in [0.4, 0.5) is 5.69 Å². The highest BCUT2D eigenvalue weighted by molar-refractivity contribution is 6.31. The molecule has 0 saturated heterocycles. The van der Waals surface area contributed by atoms with Crippen molar-refractivity contribution in [2.24, 2.45) is 0 Å². The zero-order valence-electron chi connectivity index (χ0n) is 12.0. The van der Waals surface area contributed by atoms with E-state index in [0.29, 0.717) is 11.6 Å². The Bertz CT molecular complexity index is 641. The molecular weight excluding hydrogens is 288 g/mol. The molecule has 0 spiro atoms. The maximum absolute atomic E-state index is 10.7. The molecule has 0 bridgehead atoms. The Morgan fingerprint density at radius 1 is 1.24 bits per heavy atom. The van der Waals surface area contributed by atoms with Crippen LogP contribution < -0.4 is 5.32 Å². The number of nitro benzene ring substituents is 1. The van der Waals surface area contributed by atoms with Gasteiger partial charge in [0, 0.05) is 24.7 Å². The molecule has 110 valence electrons. The van der Waals surface area contributed by atoms with Crippen molar-refractivity contribution in [2.45, 2.75) is 26.4 Å². The lowest BCUT2D eigenvalue weighted by Crippen LogP contribution is -2.18. The van der Waals surface area contributed by atoms with E-state index in [1.165, 1.54) is 23.3 Å². The van der Waals surface area contributed by atoms with Gasteiger partial charge in [-0.2, -0.15) is 0 Å². The Balaban J connectivity index is 2.02. The van der Waals surface area contributed by atoms with Gasteiger partial charge in [-0.3, -0.25) is 10.1 Å². The van der Waals surface area contributed by atoms with Crippen molar-refractivity contribution < 1.29 is 4.92 Å². The fraction of sp³-hybridized carbons (Fsp3) is 0.250. The standard InChI is InChI=1S/C16H17ClN2O2/c1-11-3-5-13(6-4-11)12(2)18-10-14-7-8-15(19(20)21)9-16(14)17/h3-9,12,18H,10H2,1-2H3/t12-/m0/s1. The SMILES string of the molecule is Cc1ccc([C@H](C)NCc2ccc([N+](=O)[O-])cc2Cl)cc1. The third-order valence-electron chi connectivity index (χ3n) is 3.42. The van der Waals surface area contributed by atoms with Crippen LogP contribution in [0.1, 0.15) is 29.7 Å². The van der Waals surface area contributed by atoms with Crippen LogP contribution in [-0.4, -0.2) is 4.92 Å². The molecule has 0 heterocycles. The summed E-state index contributed by atoms with van der Waals surface area (Å²) in [6.45, 7) is 4.69. The molecular formula is C16H17ClN2O2. The normalized spacial score (nSPS) is 12.1. The Kier molecular flexibility index (Phi) is 4.94. The van der Waals surface area contributed by atoms with E-state index in [-0.39, 0.29) is 11.7 Å². The van der Waals surface area contributed by atoms with Crippen molar-refractivity contribution in [3.63, 3.8) is 0 Å². The highest BCUT2D eigenvalue weighted by Crippen LogP contribution is 2.23. The summed E-state index contributed by atoms with van der Waals surface area (Å²) in [5, 5.41) is 14.5. The van der Waals surface area contributed by atoms with Crippen molar-refractivity contribution >= 4 is 17.3 Å². The van der Waals surface area contributed by atoms with Gasteiger partial charge < -0.3 is 5.32 Å². The van der Waals surface area contributed by atoms with E-state index in [9.17, 15) is 10.1 Å². The maximum Gasteiger partial charge on any atom is 0.270 e. The molecule has 2 rings (SSSR count). The number of benzene rings is 2. The van der Waals surface area contributed by atoms with Gasteiger partial charge in [-0.1, -0.05) is 41.4 Å². The molecule has 0 radical (unpaired) electrons. The number of halogens is 1. The second-order valence-corrected chi connectivity index (χ2v) is 5.45. The van der Waals surface area contributed by atoms with E-state index in [1.807, 2.05) is 0 Å². The van der Waals surface area contributed by atoms with Gasteiger partial charge in [0.1, 0.15) is 0 Å². The van der Waals surface area contributed by atoms with E-state index in [1.54, 1.807) is 6.07 Å². The molecule has 1 atom stereocenters. The van der Waals surface area contributed by atoms with E-state index in [2.05, 4.69) is 43.4 Å². The molecule has 4 nitrogen and oxygen atoms in total. The average Bonchev–Trinajstić information content (AvgIpc) is 2.46. The Morgan fingerprint density at radius 2 is 1.90 bits per heavy atom. The Hall–Kier alpha value is -1.91. The predicted octanol–water partition coefficient (Wildman–Crippen LogP) is 4.41. The van der Waals surface area contributed by atoms with E-state index >= 15 is 0 Å². The van der Waals surface area contributed by atoms with Crippen LogP contribution in [0.15, 0.2) is 42.5 Å². The van der Waals surface area contributed by atoms with Crippen molar-refractivity contribution in [1.29, 1.82) is 0 Å². The maximum atomic E-state index is 10.7. The largest absolute Gasteiger partial charge is 0.306 e. The fourth-order valence-corrected chi connectivity index (χ4v) is 2.27. The van der Waals surface area contributed by atoms with Crippen molar-refractivity contribution in [1.82, 2.24) is 5.32 Å². The summed E-state index contributed by atoms with van der Waals surface area (Å²) in [4.78, 5) is 10.2. The summed E-state index contributed by atoms with van der Waals surface area (Å²) in [5.41, 5.74) is 3.28. The van der Waals surface area contributed by atoms with Gasteiger partial charge in [0.2, 0.25) is 0 Å². The van der Waals surface area contributed by atoms with Gasteiger partial charge in [-0.25, -0.2) is 0 Å². The zero-order valence-corrected chi connectivity index (χ0v) is 12.7. The number of nitrogens with zero attached hydrogens (tertiary/aromatic N) is 1. The summed E-state index contributed by atoms with van der Waals surface area (Å²) in [6.07, 6.45) is 0. The number of hydrogen-bond donors (Lipinski definition) is 1. The third kappa shape index (κ3) is 4.03. The molecule has 0 saturated carbocycles. The lowest BCUT2D eigenvalue weighted by atomic mass is 10.1. The summed E-state index contributed by atoms with van der Waals surface area (Å²) in [7, 11) is 0. The number of nitro groups is 1. The van der Waals surface area contributed by atoms with Gasteiger partial charge in [-0.05, 0) is 31.0 Å². The molecule has 2 aromatic carbocycles. The predicted molar refractivity (Wildman–Crippen MR) is 84.5 cm³/mol. The summed E-state index contributed by atoms with van der Waals surface area (Å²) >= 11 is 6.08. The summed E-state index contributed by atoms with van der Waals surface area (Å²) in [5.74, 6) is 0. The van der Waals surface area contributed by atoms with Crippen molar-refractivity contribution in [2.75, 3.05) is 0 Å². The fourth-order valence-electron chi connectivity index (χ4n) is 2.03. The average molecular weight is 305 g/mol. The number of nitrogens with one attached hydrogen (secondary N) is 1. The first-order valence-electron chi connectivity index (χ1n) is 6.70. The van der Waals surface area contributed by atoms with Gasteiger partial charge >= 0.3 is 0 Å². The van der Waals surface area contributed by atoms with Crippen molar-refractivity contribution in [3.8, 4) is 0 Å². The van der Waals surface area contributed by atoms with Crippen LogP contribution >= 0.6 is 11.6 Å². The van der Waals surface area contributed by atoms with E-state index in [4.69, 9.17) is 11.6 Å². The molecule has 1 N–H and O–H groups in total. The zero-order chi connectivity index (χ0) is 15.4. The summed E-state index contributed by atoms with van der Waals surface area (Å²) in [6, 6.07) is 13.1. The minimum atomic E-state index is -0.446. The minimum Gasteiger partial charge on any atom is -0.306 e. The van der Waals surface area contributed by atoms with E-state index in [0.717, 1.165) is 5.56 Å². The van der Waals surface area contributed by atoms with Gasteiger partial charge in [0.05, 0.1) is 9.95 Å². The van der Waals surface area contributed by atoms with Crippen LogP contribution in [0.2, 0.25) is 5.02 Å². The highest BCUT2D eigenvalue weighted by Gasteiger charge is 2.10. The highest BCUT2D eigenvalue weighted by atomic mass is 35.5. The molecule has 0 aliphatic carbocycles.